The third-order valence-electron chi connectivity index (χ3n) is 3.88. The summed E-state index contributed by atoms with van der Waals surface area (Å²) in [6.07, 6.45) is 2.40. The van der Waals surface area contributed by atoms with Gasteiger partial charge in [0.05, 0.1) is 0 Å². The number of benzene rings is 1. The van der Waals surface area contributed by atoms with Gasteiger partial charge in [0.25, 0.3) is 0 Å². The molecule has 102 valence electrons. The molecule has 0 unspecified atom stereocenters. The molecular formula is C14H15N5S. The van der Waals surface area contributed by atoms with Crippen LogP contribution in [0.1, 0.15) is 35.7 Å². The largest absolute Gasteiger partial charge is 0.399 e. The molecule has 3 aromatic rings. The predicted octanol–water partition coefficient (Wildman–Crippen LogP) is 2.93. The highest BCUT2D eigenvalue weighted by molar-refractivity contribution is 7.19. The van der Waals surface area contributed by atoms with E-state index in [0.29, 0.717) is 5.92 Å². The number of hydrogen-bond donors (Lipinski definition) is 1. The Labute approximate surface area is 120 Å². The van der Waals surface area contributed by atoms with Crippen molar-refractivity contribution in [2.45, 2.75) is 32.6 Å². The molecule has 2 N–H and O–H groups in total. The fourth-order valence-electron chi connectivity index (χ4n) is 2.45. The summed E-state index contributed by atoms with van der Waals surface area (Å²) in [6.45, 7) is 4.18. The summed E-state index contributed by atoms with van der Waals surface area (Å²) in [4.78, 5) is 0.862. The molecule has 6 heteroatoms. The summed E-state index contributed by atoms with van der Waals surface area (Å²) >= 11 is 1.57. The molecule has 0 atom stereocenters. The zero-order chi connectivity index (χ0) is 13.9. The quantitative estimate of drug-likeness (QED) is 0.735. The van der Waals surface area contributed by atoms with E-state index in [1.807, 2.05) is 16.6 Å². The molecule has 1 aliphatic rings. The third kappa shape index (κ3) is 1.71. The van der Waals surface area contributed by atoms with Crippen LogP contribution in [0.4, 0.5) is 5.69 Å². The predicted molar refractivity (Wildman–Crippen MR) is 80.0 cm³/mol. The first-order valence-electron chi connectivity index (χ1n) is 6.72. The van der Waals surface area contributed by atoms with E-state index in [1.54, 1.807) is 11.3 Å². The molecule has 1 aliphatic carbocycles. The van der Waals surface area contributed by atoms with Crippen molar-refractivity contribution in [3.05, 3.63) is 29.1 Å². The Hall–Kier alpha value is -1.95. The number of fused-ring (bicyclic) bond motifs is 1. The summed E-state index contributed by atoms with van der Waals surface area (Å²) in [5.74, 6) is 1.55. The highest BCUT2D eigenvalue weighted by atomic mass is 32.1. The van der Waals surface area contributed by atoms with Crippen LogP contribution in [0.5, 0.6) is 0 Å². The van der Waals surface area contributed by atoms with Gasteiger partial charge in [0.15, 0.2) is 5.82 Å². The van der Waals surface area contributed by atoms with Crippen LogP contribution in [-0.4, -0.2) is 19.8 Å². The van der Waals surface area contributed by atoms with Crippen LogP contribution < -0.4 is 5.73 Å². The van der Waals surface area contributed by atoms with Gasteiger partial charge in [0.2, 0.25) is 4.96 Å². The van der Waals surface area contributed by atoms with E-state index in [9.17, 15) is 0 Å². The number of anilines is 1. The molecule has 0 radical (unpaired) electrons. The van der Waals surface area contributed by atoms with E-state index in [0.717, 1.165) is 27.0 Å². The standard InChI is InChI=1S/C14H15N5S/c1-7-5-10(15)6-11(8(7)2)13-18-19-12(9-3-4-9)16-17-14(19)20-13/h5-6,9H,3-4,15H2,1-2H3. The van der Waals surface area contributed by atoms with Gasteiger partial charge >= 0.3 is 0 Å². The van der Waals surface area contributed by atoms with Crippen LogP contribution in [0.3, 0.4) is 0 Å². The van der Waals surface area contributed by atoms with E-state index < -0.39 is 0 Å². The van der Waals surface area contributed by atoms with E-state index >= 15 is 0 Å². The Bertz CT molecular complexity index is 812. The zero-order valence-corrected chi connectivity index (χ0v) is 12.2. The molecule has 0 aliphatic heterocycles. The lowest BCUT2D eigenvalue weighted by atomic mass is 10.0. The number of hydrogen-bond acceptors (Lipinski definition) is 5. The van der Waals surface area contributed by atoms with Crippen LogP contribution in [0.25, 0.3) is 15.5 Å². The van der Waals surface area contributed by atoms with Gasteiger partial charge in [-0.25, -0.2) is 0 Å². The number of aryl methyl sites for hydroxylation is 1. The minimum absolute atomic E-state index is 0.545. The first-order valence-corrected chi connectivity index (χ1v) is 7.54. The molecular weight excluding hydrogens is 270 g/mol. The molecule has 0 bridgehead atoms. The van der Waals surface area contributed by atoms with E-state index in [1.165, 1.54) is 24.0 Å². The highest BCUT2D eigenvalue weighted by Crippen LogP contribution is 2.40. The first-order chi connectivity index (χ1) is 9.63. The van der Waals surface area contributed by atoms with Gasteiger partial charge in [-0.15, -0.1) is 10.2 Å². The van der Waals surface area contributed by atoms with E-state index in [4.69, 9.17) is 10.8 Å². The summed E-state index contributed by atoms with van der Waals surface area (Å²) in [5, 5.41) is 14.1. The summed E-state index contributed by atoms with van der Waals surface area (Å²) < 4.78 is 1.90. The smallest absolute Gasteiger partial charge is 0.234 e. The summed E-state index contributed by atoms with van der Waals surface area (Å²) in [7, 11) is 0. The maximum absolute atomic E-state index is 5.97. The third-order valence-corrected chi connectivity index (χ3v) is 4.81. The lowest BCUT2D eigenvalue weighted by Crippen LogP contribution is -1.95. The number of nitrogens with zero attached hydrogens (tertiary/aromatic N) is 4. The lowest BCUT2D eigenvalue weighted by molar-refractivity contribution is 0.828. The minimum Gasteiger partial charge on any atom is -0.399 e. The Kier molecular flexibility index (Phi) is 2.38. The Morgan fingerprint density at radius 3 is 2.80 bits per heavy atom. The number of nitrogen functional groups attached to an aromatic ring is 1. The van der Waals surface area contributed by atoms with Crippen molar-refractivity contribution in [3.8, 4) is 10.6 Å². The lowest BCUT2D eigenvalue weighted by Gasteiger charge is -2.07. The maximum Gasteiger partial charge on any atom is 0.234 e. The fourth-order valence-corrected chi connectivity index (χ4v) is 3.37. The molecule has 1 fully saturated rings. The van der Waals surface area contributed by atoms with Crippen LogP contribution in [0.15, 0.2) is 12.1 Å². The Morgan fingerprint density at radius 2 is 2.05 bits per heavy atom. The van der Waals surface area contributed by atoms with Crippen molar-refractivity contribution in [2.24, 2.45) is 0 Å². The normalized spacial score (nSPS) is 15.1. The summed E-state index contributed by atoms with van der Waals surface area (Å²) in [5.41, 5.74) is 10.2. The molecule has 1 saturated carbocycles. The van der Waals surface area contributed by atoms with Gasteiger partial charge in [-0.05, 0) is 49.9 Å². The molecule has 1 aromatic carbocycles. The molecule has 2 aromatic heterocycles. The van der Waals surface area contributed by atoms with Crippen molar-refractivity contribution in [3.63, 3.8) is 0 Å². The first kappa shape index (κ1) is 11.8. The Morgan fingerprint density at radius 1 is 1.25 bits per heavy atom. The number of rotatable bonds is 2. The second-order valence-electron chi connectivity index (χ2n) is 5.44. The number of aromatic nitrogens is 4. The van der Waals surface area contributed by atoms with Crippen molar-refractivity contribution >= 4 is 22.0 Å². The molecule has 20 heavy (non-hydrogen) atoms. The minimum atomic E-state index is 0.545. The van der Waals surface area contributed by atoms with Crippen LogP contribution in [0, 0.1) is 13.8 Å². The topological polar surface area (TPSA) is 69.1 Å². The van der Waals surface area contributed by atoms with Crippen LogP contribution in [-0.2, 0) is 0 Å². The van der Waals surface area contributed by atoms with E-state index in [2.05, 4.69) is 24.0 Å². The maximum atomic E-state index is 5.97. The monoisotopic (exact) mass is 285 g/mol. The van der Waals surface area contributed by atoms with Crippen molar-refractivity contribution in [1.82, 2.24) is 19.8 Å². The molecule has 0 spiro atoms. The van der Waals surface area contributed by atoms with E-state index in [-0.39, 0.29) is 0 Å². The van der Waals surface area contributed by atoms with Crippen molar-refractivity contribution in [2.75, 3.05) is 5.73 Å². The van der Waals surface area contributed by atoms with Gasteiger partial charge in [-0.2, -0.15) is 9.61 Å². The number of nitrogens with two attached hydrogens (primary N) is 1. The van der Waals surface area contributed by atoms with Crippen LogP contribution in [0.2, 0.25) is 0 Å². The second-order valence-corrected chi connectivity index (χ2v) is 6.40. The average Bonchev–Trinajstić information content (AvgIpc) is 3.03. The van der Waals surface area contributed by atoms with Gasteiger partial charge < -0.3 is 5.73 Å². The SMILES string of the molecule is Cc1cc(N)cc(-c2nn3c(C4CC4)nnc3s2)c1C. The molecule has 2 heterocycles. The van der Waals surface area contributed by atoms with Gasteiger partial charge in [-0.3, -0.25) is 0 Å². The van der Waals surface area contributed by atoms with Gasteiger partial charge in [0, 0.05) is 17.2 Å². The van der Waals surface area contributed by atoms with Crippen LogP contribution >= 0.6 is 11.3 Å². The fraction of sp³-hybridized carbons (Fsp3) is 0.357. The average molecular weight is 285 g/mol. The van der Waals surface area contributed by atoms with Crippen molar-refractivity contribution < 1.29 is 0 Å². The van der Waals surface area contributed by atoms with Gasteiger partial charge in [0.1, 0.15) is 5.01 Å². The second kappa shape index (κ2) is 4.02. The van der Waals surface area contributed by atoms with Gasteiger partial charge in [-0.1, -0.05) is 11.3 Å². The van der Waals surface area contributed by atoms with Crippen molar-refractivity contribution in [1.29, 1.82) is 0 Å². The highest BCUT2D eigenvalue weighted by Gasteiger charge is 2.30. The molecule has 0 saturated heterocycles. The zero-order valence-electron chi connectivity index (χ0n) is 11.4. The summed E-state index contributed by atoms with van der Waals surface area (Å²) in [6, 6.07) is 3.99. The molecule has 4 rings (SSSR count). The molecule has 5 nitrogen and oxygen atoms in total. The molecule has 0 amide bonds. The Balaban J connectivity index is 1.90.